The van der Waals surface area contributed by atoms with Crippen molar-refractivity contribution in [3.63, 3.8) is 0 Å². The molecule has 5 atom stereocenters. The number of benzene rings is 3. The van der Waals surface area contributed by atoms with Gasteiger partial charge in [0.05, 0.1) is 6.04 Å². The van der Waals surface area contributed by atoms with Gasteiger partial charge in [-0.05, 0) is 84.4 Å². The highest BCUT2D eigenvalue weighted by molar-refractivity contribution is 6.04. The van der Waals surface area contributed by atoms with Crippen LogP contribution in [-0.2, 0) is 0 Å². The molecule has 150 valence electrons. The molecule has 2 saturated carbocycles. The lowest BCUT2D eigenvalue weighted by Crippen LogP contribution is -2.35. The number of para-hydroxylation sites is 1. The van der Waals surface area contributed by atoms with Crippen LogP contribution in [0.3, 0.4) is 0 Å². The molecule has 3 aromatic rings. The molecule has 30 heavy (non-hydrogen) atoms. The Hall–Kier alpha value is -3.07. The van der Waals surface area contributed by atoms with Crippen molar-refractivity contribution in [1.82, 2.24) is 0 Å². The van der Waals surface area contributed by atoms with E-state index in [4.69, 9.17) is 0 Å². The van der Waals surface area contributed by atoms with E-state index < -0.39 is 0 Å². The standard InChI is InChI=1S/C27H26N2O/c30-27(28-21-9-5-2-6-10-21)20-13-14-23-22(16-20)24-18-11-12-19(15-18)25(24)26(29-23)17-7-3-1-4-8-17/h1-10,13-14,16,18-19,24-26,29H,11-12,15H2,(H,28,30)/t18-,19-,24+,25-,26-/m0/s1. The van der Waals surface area contributed by atoms with Gasteiger partial charge in [0, 0.05) is 16.9 Å². The van der Waals surface area contributed by atoms with Crippen molar-refractivity contribution in [1.29, 1.82) is 0 Å². The SMILES string of the molecule is O=C(Nc1ccccc1)c1ccc2c(c1)[C@H]1[C@H]3CC[C@@H](C3)[C@@H]1[C@H](c1ccccc1)N2. The predicted octanol–water partition coefficient (Wildman–Crippen LogP) is 6.24. The van der Waals surface area contributed by atoms with Gasteiger partial charge in [-0.1, -0.05) is 48.5 Å². The van der Waals surface area contributed by atoms with Gasteiger partial charge < -0.3 is 10.6 Å². The number of anilines is 2. The number of amides is 1. The summed E-state index contributed by atoms with van der Waals surface area (Å²) in [5, 5.41) is 6.89. The minimum absolute atomic E-state index is 0.0334. The van der Waals surface area contributed by atoms with E-state index in [1.165, 1.54) is 36.1 Å². The van der Waals surface area contributed by atoms with Crippen LogP contribution in [0.4, 0.5) is 11.4 Å². The summed E-state index contributed by atoms with van der Waals surface area (Å²) >= 11 is 0. The molecule has 3 aromatic carbocycles. The fourth-order valence-electron chi connectivity index (χ4n) is 6.34. The zero-order valence-electron chi connectivity index (χ0n) is 16.9. The Morgan fingerprint density at radius 2 is 1.60 bits per heavy atom. The summed E-state index contributed by atoms with van der Waals surface area (Å²) < 4.78 is 0. The molecule has 1 heterocycles. The molecule has 0 aromatic heterocycles. The van der Waals surface area contributed by atoms with Gasteiger partial charge in [0.1, 0.15) is 0 Å². The molecule has 3 nitrogen and oxygen atoms in total. The van der Waals surface area contributed by atoms with E-state index in [0.29, 0.717) is 17.9 Å². The summed E-state index contributed by atoms with van der Waals surface area (Å²) in [5.74, 6) is 2.67. The molecule has 0 unspecified atom stereocenters. The van der Waals surface area contributed by atoms with E-state index in [0.717, 1.165) is 23.1 Å². The number of nitrogens with one attached hydrogen (secondary N) is 2. The van der Waals surface area contributed by atoms with Gasteiger partial charge in [-0.25, -0.2) is 0 Å². The molecule has 2 N–H and O–H groups in total. The first-order valence-electron chi connectivity index (χ1n) is 11.1. The molecule has 6 rings (SSSR count). The Morgan fingerprint density at radius 3 is 2.40 bits per heavy atom. The Balaban J connectivity index is 1.36. The van der Waals surface area contributed by atoms with Gasteiger partial charge in [-0.2, -0.15) is 0 Å². The molecular formula is C27H26N2O. The second-order valence-corrected chi connectivity index (χ2v) is 9.09. The van der Waals surface area contributed by atoms with Gasteiger partial charge in [0.2, 0.25) is 0 Å². The van der Waals surface area contributed by atoms with Crippen LogP contribution in [0.5, 0.6) is 0 Å². The Bertz CT molecular complexity index is 1080. The quantitative estimate of drug-likeness (QED) is 0.552. The number of carbonyl (C=O) groups is 1. The van der Waals surface area contributed by atoms with Crippen LogP contribution in [0.15, 0.2) is 78.9 Å². The maximum Gasteiger partial charge on any atom is 0.255 e. The Kier molecular flexibility index (Phi) is 4.15. The van der Waals surface area contributed by atoms with Crippen LogP contribution in [0, 0.1) is 17.8 Å². The minimum atomic E-state index is -0.0334. The second kappa shape index (κ2) is 7.02. The average Bonchev–Trinajstić information content (AvgIpc) is 3.42. The Morgan fingerprint density at radius 1 is 0.867 bits per heavy atom. The van der Waals surface area contributed by atoms with Gasteiger partial charge >= 0.3 is 0 Å². The first kappa shape index (κ1) is 17.8. The van der Waals surface area contributed by atoms with Crippen LogP contribution in [0.1, 0.15) is 52.7 Å². The number of hydrogen-bond acceptors (Lipinski definition) is 2. The van der Waals surface area contributed by atoms with Gasteiger partial charge in [-0.15, -0.1) is 0 Å². The highest BCUT2D eigenvalue weighted by Gasteiger charge is 2.53. The highest BCUT2D eigenvalue weighted by Crippen LogP contribution is 2.63. The smallest absolute Gasteiger partial charge is 0.255 e. The summed E-state index contributed by atoms with van der Waals surface area (Å²) in [6.45, 7) is 0. The zero-order valence-corrected chi connectivity index (χ0v) is 16.9. The first-order valence-corrected chi connectivity index (χ1v) is 11.1. The average molecular weight is 395 g/mol. The monoisotopic (exact) mass is 394 g/mol. The van der Waals surface area contributed by atoms with Crippen LogP contribution in [-0.4, -0.2) is 5.91 Å². The molecule has 2 bridgehead atoms. The molecule has 0 spiro atoms. The largest absolute Gasteiger partial charge is 0.378 e. The molecule has 1 amide bonds. The van der Waals surface area contributed by atoms with Crippen molar-refractivity contribution in [3.05, 3.63) is 95.6 Å². The predicted molar refractivity (Wildman–Crippen MR) is 121 cm³/mol. The van der Waals surface area contributed by atoms with Gasteiger partial charge in [0.25, 0.3) is 5.91 Å². The van der Waals surface area contributed by atoms with Crippen LogP contribution >= 0.6 is 0 Å². The maximum absolute atomic E-state index is 12.9. The first-order chi connectivity index (χ1) is 14.8. The number of rotatable bonds is 3. The van der Waals surface area contributed by atoms with E-state index in [-0.39, 0.29) is 5.91 Å². The zero-order chi connectivity index (χ0) is 20.1. The summed E-state index contributed by atoms with van der Waals surface area (Å²) in [6.07, 6.45) is 4.01. The number of hydrogen-bond donors (Lipinski definition) is 2. The van der Waals surface area contributed by atoms with Crippen LogP contribution in [0.2, 0.25) is 0 Å². The molecular weight excluding hydrogens is 368 g/mol. The molecule has 2 fully saturated rings. The van der Waals surface area contributed by atoms with Crippen molar-refractivity contribution < 1.29 is 4.79 Å². The summed E-state index contributed by atoms with van der Waals surface area (Å²) in [4.78, 5) is 12.9. The molecule has 2 aliphatic carbocycles. The molecule has 1 aliphatic heterocycles. The summed E-state index contributed by atoms with van der Waals surface area (Å²) in [7, 11) is 0. The van der Waals surface area contributed by atoms with Crippen LogP contribution in [0.25, 0.3) is 0 Å². The lowest BCUT2D eigenvalue weighted by Gasteiger charge is -2.43. The van der Waals surface area contributed by atoms with Crippen molar-refractivity contribution in [3.8, 4) is 0 Å². The third kappa shape index (κ3) is 2.84. The summed E-state index contributed by atoms with van der Waals surface area (Å²) in [5.41, 5.74) is 5.52. The Labute approximate surface area is 177 Å². The van der Waals surface area contributed by atoms with Gasteiger partial charge in [0.15, 0.2) is 0 Å². The lowest BCUT2D eigenvalue weighted by molar-refractivity contribution is 0.102. The third-order valence-electron chi connectivity index (χ3n) is 7.54. The molecule has 3 aliphatic rings. The van der Waals surface area contributed by atoms with E-state index in [1.807, 2.05) is 36.4 Å². The van der Waals surface area contributed by atoms with Crippen LogP contribution < -0.4 is 10.6 Å². The van der Waals surface area contributed by atoms with Crippen molar-refractivity contribution in [2.45, 2.75) is 31.2 Å². The van der Waals surface area contributed by atoms with Crippen molar-refractivity contribution in [2.75, 3.05) is 10.6 Å². The maximum atomic E-state index is 12.9. The molecule has 0 radical (unpaired) electrons. The lowest BCUT2D eigenvalue weighted by atomic mass is 9.68. The topological polar surface area (TPSA) is 41.1 Å². The summed E-state index contributed by atoms with van der Waals surface area (Å²) in [6, 6.07) is 27.2. The van der Waals surface area contributed by atoms with E-state index >= 15 is 0 Å². The van der Waals surface area contributed by atoms with Gasteiger partial charge in [-0.3, -0.25) is 4.79 Å². The van der Waals surface area contributed by atoms with Crippen molar-refractivity contribution >= 4 is 17.3 Å². The molecule has 3 heteroatoms. The fraction of sp³-hybridized carbons (Fsp3) is 0.296. The highest BCUT2D eigenvalue weighted by atomic mass is 16.1. The number of fused-ring (bicyclic) bond motifs is 7. The minimum Gasteiger partial charge on any atom is -0.378 e. The van der Waals surface area contributed by atoms with E-state index in [1.54, 1.807) is 0 Å². The fourth-order valence-corrected chi connectivity index (χ4v) is 6.34. The third-order valence-corrected chi connectivity index (χ3v) is 7.54. The van der Waals surface area contributed by atoms with E-state index in [9.17, 15) is 4.79 Å². The van der Waals surface area contributed by atoms with Crippen molar-refractivity contribution in [2.24, 2.45) is 17.8 Å². The number of carbonyl (C=O) groups excluding carboxylic acids is 1. The second-order valence-electron chi connectivity index (χ2n) is 9.09. The molecule has 0 saturated heterocycles. The normalized spacial score (nSPS) is 28.3. The van der Waals surface area contributed by atoms with E-state index in [2.05, 4.69) is 53.1 Å².